The van der Waals surface area contributed by atoms with Crippen molar-refractivity contribution in [3.05, 3.63) is 54.0 Å². The maximum atomic E-state index is 5.95. The smallest absolute Gasteiger partial charge is 0.184 e. The number of hydrogen-bond acceptors (Lipinski definition) is 4. The summed E-state index contributed by atoms with van der Waals surface area (Å²) in [5.41, 5.74) is 8.44. The Bertz CT molecular complexity index is 737. The van der Waals surface area contributed by atoms with Crippen molar-refractivity contribution < 1.29 is 4.74 Å². The number of aromatic nitrogens is 3. The van der Waals surface area contributed by atoms with Gasteiger partial charge in [-0.1, -0.05) is 18.2 Å². The second kappa shape index (κ2) is 5.83. The number of pyridine rings is 1. The van der Waals surface area contributed by atoms with E-state index in [-0.39, 0.29) is 0 Å². The van der Waals surface area contributed by atoms with Crippen molar-refractivity contribution in [2.75, 3.05) is 12.3 Å². The quantitative estimate of drug-likeness (QED) is 0.731. The lowest BCUT2D eigenvalue weighted by Crippen LogP contribution is -2.03. The Labute approximate surface area is 123 Å². The molecule has 5 nitrogen and oxygen atoms in total. The van der Waals surface area contributed by atoms with Gasteiger partial charge in [-0.15, -0.1) is 10.2 Å². The van der Waals surface area contributed by atoms with E-state index in [0.29, 0.717) is 12.3 Å². The van der Waals surface area contributed by atoms with E-state index in [1.165, 1.54) is 0 Å². The molecule has 0 atom stereocenters. The first kappa shape index (κ1) is 13.4. The summed E-state index contributed by atoms with van der Waals surface area (Å²) in [5, 5.41) is 8.36. The Balaban J connectivity index is 1.63. The molecule has 2 N–H and O–H groups in total. The van der Waals surface area contributed by atoms with Gasteiger partial charge >= 0.3 is 0 Å². The van der Waals surface area contributed by atoms with Crippen LogP contribution >= 0.6 is 0 Å². The summed E-state index contributed by atoms with van der Waals surface area (Å²) in [6, 6.07) is 11.7. The molecular formula is C16H18N4O. The van der Waals surface area contributed by atoms with Crippen LogP contribution in [0.25, 0.3) is 5.65 Å². The van der Waals surface area contributed by atoms with Crippen molar-refractivity contribution in [3.8, 4) is 5.75 Å². The van der Waals surface area contributed by atoms with Gasteiger partial charge in [0, 0.05) is 12.6 Å². The summed E-state index contributed by atoms with van der Waals surface area (Å²) in [6.45, 7) is 2.66. The summed E-state index contributed by atoms with van der Waals surface area (Å²) in [7, 11) is 0. The Morgan fingerprint density at radius 1 is 1.19 bits per heavy atom. The molecule has 1 aromatic carbocycles. The van der Waals surface area contributed by atoms with E-state index < -0.39 is 0 Å². The van der Waals surface area contributed by atoms with Gasteiger partial charge in [0.15, 0.2) is 5.65 Å². The number of nitrogen functional groups attached to an aromatic ring is 1. The van der Waals surface area contributed by atoms with Gasteiger partial charge in [0.1, 0.15) is 11.6 Å². The topological polar surface area (TPSA) is 65.4 Å². The summed E-state index contributed by atoms with van der Waals surface area (Å²) >= 11 is 0. The normalized spacial score (nSPS) is 10.9. The molecule has 0 aliphatic heterocycles. The van der Waals surface area contributed by atoms with Crippen LogP contribution < -0.4 is 10.5 Å². The van der Waals surface area contributed by atoms with Crippen LogP contribution in [0.5, 0.6) is 5.75 Å². The molecule has 0 unspecified atom stereocenters. The highest BCUT2D eigenvalue weighted by molar-refractivity contribution is 5.64. The zero-order chi connectivity index (χ0) is 14.7. The molecule has 3 rings (SSSR count). The number of anilines is 1. The van der Waals surface area contributed by atoms with Gasteiger partial charge in [0.05, 0.1) is 12.3 Å². The molecule has 2 aromatic heterocycles. The van der Waals surface area contributed by atoms with Crippen LogP contribution in [0.2, 0.25) is 0 Å². The lowest BCUT2D eigenvalue weighted by molar-refractivity contribution is 0.309. The number of ether oxygens (including phenoxy) is 1. The zero-order valence-electron chi connectivity index (χ0n) is 12.0. The summed E-state index contributed by atoms with van der Waals surface area (Å²) in [5.74, 6) is 1.81. The van der Waals surface area contributed by atoms with Crippen LogP contribution in [0.15, 0.2) is 42.6 Å². The van der Waals surface area contributed by atoms with Gasteiger partial charge in [0.2, 0.25) is 0 Å². The molecule has 0 saturated carbocycles. The number of nitrogens with two attached hydrogens (primary N) is 1. The molecule has 3 aromatic rings. The predicted molar refractivity (Wildman–Crippen MR) is 82.4 cm³/mol. The van der Waals surface area contributed by atoms with Gasteiger partial charge in [0.25, 0.3) is 0 Å². The number of para-hydroxylation sites is 1. The highest BCUT2D eigenvalue weighted by Crippen LogP contribution is 2.16. The molecule has 0 fully saturated rings. The third-order valence-electron chi connectivity index (χ3n) is 3.30. The molecule has 0 aliphatic carbocycles. The van der Waals surface area contributed by atoms with E-state index in [2.05, 4.69) is 10.2 Å². The minimum Gasteiger partial charge on any atom is -0.494 e. The van der Waals surface area contributed by atoms with Crippen LogP contribution in [0.1, 0.15) is 17.8 Å². The summed E-state index contributed by atoms with van der Waals surface area (Å²) in [6.07, 6.45) is 3.69. The molecule has 2 heterocycles. The summed E-state index contributed by atoms with van der Waals surface area (Å²) in [4.78, 5) is 0. The van der Waals surface area contributed by atoms with Crippen LogP contribution in [-0.4, -0.2) is 21.2 Å². The first-order valence-electron chi connectivity index (χ1n) is 7.01. The Kier molecular flexibility index (Phi) is 3.73. The largest absolute Gasteiger partial charge is 0.494 e. The number of benzene rings is 1. The van der Waals surface area contributed by atoms with Crippen LogP contribution in [-0.2, 0) is 6.42 Å². The SMILES string of the molecule is Cc1cc(N)c2nnc(CCCOc3ccccc3)n2c1. The molecule has 0 spiro atoms. The van der Waals surface area contributed by atoms with Crippen LogP contribution in [0.3, 0.4) is 0 Å². The number of hydrogen-bond donors (Lipinski definition) is 1. The first-order chi connectivity index (χ1) is 10.2. The Morgan fingerprint density at radius 3 is 2.81 bits per heavy atom. The number of aryl methyl sites for hydroxylation is 2. The molecular weight excluding hydrogens is 264 g/mol. The van der Waals surface area contributed by atoms with Gasteiger partial charge in [-0.3, -0.25) is 4.40 Å². The fourth-order valence-electron chi connectivity index (χ4n) is 2.31. The minimum absolute atomic E-state index is 0.653. The van der Waals surface area contributed by atoms with Crippen molar-refractivity contribution in [3.63, 3.8) is 0 Å². The molecule has 0 radical (unpaired) electrons. The number of nitrogens with zero attached hydrogens (tertiary/aromatic N) is 3. The van der Waals surface area contributed by atoms with Crippen molar-refractivity contribution in [1.29, 1.82) is 0 Å². The van der Waals surface area contributed by atoms with E-state index in [1.807, 2.05) is 53.9 Å². The van der Waals surface area contributed by atoms with Crippen molar-refractivity contribution in [2.45, 2.75) is 19.8 Å². The monoisotopic (exact) mass is 282 g/mol. The molecule has 0 bridgehead atoms. The average molecular weight is 282 g/mol. The zero-order valence-corrected chi connectivity index (χ0v) is 12.0. The lowest BCUT2D eigenvalue weighted by atomic mass is 10.2. The lowest BCUT2D eigenvalue weighted by Gasteiger charge is -2.06. The first-order valence-corrected chi connectivity index (χ1v) is 7.01. The highest BCUT2D eigenvalue weighted by atomic mass is 16.5. The van der Waals surface area contributed by atoms with Crippen molar-refractivity contribution in [1.82, 2.24) is 14.6 Å². The van der Waals surface area contributed by atoms with Crippen molar-refractivity contribution in [2.24, 2.45) is 0 Å². The maximum absolute atomic E-state index is 5.95. The van der Waals surface area contributed by atoms with E-state index in [4.69, 9.17) is 10.5 Å². The number of rotatable bonds is 5. The van der Waals surface area contributed by atoms with Crippen LogP contribution in [0, 0.1) is 6.92 Å². The Morgan fingerprint density at radius 2 is 2.00 bits per heavy atom. The van der Waals surface area contributed by atoms with E-state index in [0.717, 1.165) is 35.6 Å². The van der Waals surface area contributed by atoms with Gasteiger partial charge in [-0.25, -0.2) is 0 Å². The van der Waals surface area contributed by atoms with E-state index in [9.17, 15) is 0 Å². The standard InChI is InChI=1S/C16H18N4O/c1-12-10-14(17)16-19-18-15(20(16)11-12)8-5-9-21-13-6-3-2-4-7-13/h2-4,6-7,10-11H,5,8-9,17H2,1H3. The molecule has 0 saturated heterocycles. The fourth-order valence-corrected chi connectivity index (χ4v) is 2.31. The van der Waals surface area contributed by atoms with Gasteiger partial charge in [-0.05, 0) is 37.1 Å². The fraction of sp³-hybridized carbons (Fsp3) is 0.250. The molecule has 108 valence electrons. The van der Waals surface area contributed by atoms with E-state index >= 15 is 0 Å². The maximum Gasteiger partial charge on any atom is 0.184 e. The molecule has 0 amide bonds. The highest BCUT2D eigenvalue weighted by Gasteiger charge is 2.08. The molecule has 5 heteroatoms. The van der Waals surface area contributed by atoms with E-state index in [1.54, 1.807) is 0 Å². The second-order valence-electron chi connectivity index (χ2n) is 5.05. The Hall–Kier alpha value is -2.56. The third-order valence-corrected chi connectivity index (χ3v) is 3.30. The van der Waals surface area contributed by atoms with Gasteiger partial charge in [-0.2, -0.15) is 0 Å². The number of fused-ring (bicyclic) bond motifs is 1. The molecule has 0 aliphatic rings. The second-order valence-corrected chi connectivity index (χ2v) is 5.05. The molecule has 21 heavy (non-hydrogen) atoms. The average Bonchev–Trinajstić information content (AvgIpc) is 2.88. The predicted octanol–water partition coefficient (Wildman–Crippen LogP) is 2.63. The van der Waals surface area contributed by atoms with Crippen LogP contribution in [0.4, 0.5) is 5.69 Å². The van der Waals surface area contributed by atoms with Gasteiger partial charge < -0.3 is 10.5 Å². The summed E-state index contributed by atoms with van der Waals surface area (Å²) < 4.78 is 7.65. The van der Waals surface area contributed by atoms with Crippen molar-refractivity contribution >= 4 is 11.3 Å². The minimum atomic E-state index is 0.653. The third kappa shape index (κ3) is 2.97.